The van der Waals surface area contributed by atoms with E-state index in [0.29, 0.717) is 6.42 Å². The molecule has 3 heteroatoms. The van der Waals surface area contributed by atoms with Gasteiger partial charge in [0.25, 0.3) is 0 Å². The molecule has 2 rings (SSSR count). The minimum atomic E-state index is 0.0546. The minimum Gasteiger partial charge on any atom is -0.464 e. The van der Waals surface area contributed by atoms with Gasteiger partial charge in [-0.05, 0) is 37.5 Å². The van der Waals surface area contributed by atoms with E-state index in [1.165, 1.54) is 5.56 Å². The molecular weight excluding hydrogens is 238 g/mol. The van der Waals surface area contributed by atoms with Crippen LogP contribution in [0, 0.1) is 0 Å². The summed E-state index contributed by atoms with van der Waals surface area (Å²) < 4.78 is 5.50. The van der Waals surface area contributed by atoms with Crippen LogP contribution >= 0.6 is 0 Å². The lowest BCUT2D eigenvalue weighted by Gasteiger charge is -2.10. The maximum Gasteiger partial charge on any atom is 0.224 e. The number of hydrogen-bond acceptors (Lipinski definition) is 2. The number of aryl methyl sites for hydroxylation is 1. The Bertz CT molecular complexity index is 571. The van der Waals surface area contributed by atoms with E-state index < -0.39 is 0 Å². The van der Waals surface area contributed by atoms with Crippen LogP contribution in [0.15, 0.2) is 28.9 Å². The number of amides is 1. The highest BCUT2D eigenvalue weighted by atomic mass is 16.3. The summed E-state index contributed by atoms with van der Waals surface area (Å²) in [4.78, 5) is 11.9. The first kappa shape index (κ1) is 13.7. The molecule has 0 fully saturated rings. The van der Waals surface area contributed by atoms with E-state index in [0.717, 1.165) is 29.4 Å². The normalized spacial score (nSPS) is 12.6. The molecule has 1 aromatic carbocycles. The largest absolute Gasteiger partial charge is 0.464 e. The maximum atomic E-state index is 11.9. The lowest BCUT2D eigenvalue weighted by molar-refractivity contribution is -0.121. The fraction of sp³-hybridized carbons (Fsp3) is 0.438. The zero-order chi connectivity index (χ0) is 13.8. The van der Waals surface area contributed by atoms with Crippen molar-refractivity contribution in [2.24, 2.45) is 0 Å². The predicted octanol–water partition coefficient (Wildman–Crippen LogP) is 3.45. The number of carbonyl (C=O) groups is 1. The van der Waals surface area contributed by atoms with Gasteiger partial charge in [0.2, 0.25) is 5.91 Å². The van der Waals surface area contributed by atoms with Gasteiger partial charge < -0.3 is 9.73 Å². The molecule has 0 radical (unpaired) electrons. The summed E-state index contributed by atoms with van der Waals surface area (Å²) in [6.07, 6.45) is 4.00. The minimum absolute atomic E-state index is 0.0546. The summed E-state index contributed by atoms with van der Waals surface area (Å²) in [5.41, 5.74) is 3.08. The van der Waals surface area contributed by atoms with Crippen LogP contribution in [0.5, 0.6) is 0 Å². The molecule has 0 aliphatic heterocycles. The highest BCUT2D eigenvalue weighted by Crippen LogP contribution is 2.23. The highest BCUT2D eigenvalue weighted by molar-refractivity contribution is 5.88. The number of rotatable bonds is 5. The van der Waals surface area contributed by atoms with Gasteiger partial charge in [-0.1, -0.05) is 19.9 Å². The molecule has 1 aromatic heterocycles. The molecule has 3 nitrogen and oxygen atoms in total. The average molecular weight is 259 g/mol. The summed E-state index contributed by atoms with van der Waals surface area (Å²) >= 11 is 0. The quantitative estimate of drug-likeness (QED) is 0.893. The molecule has 0 saturated carbocycles. The van der Waals surface area contributed by atoms with E-state index in [1.54, 1.807) is 6.26 Å². The Morgan fingerprint density at radius 2 is 2.16 bits per heavy atom. The van der Waals surface area contributed by atoms with Crippen LogP contribution in [0.25, 0.3) is 11.0 Å². The van der Waals surface area contributed by atoms with E-state index in [4.69, 9.17) is 4.42 Å². The van der Waals surface area contributed by atoms with Crippen LogP contribution in [0.3, 0.4) is 0 Å². The molecule has 0 bridgehead atoms. The van der Waals surface area contributed by atoms with Crippen LogP contribution in [0.4, 0.5) is 0 Å². The summed E-state index contributed by atoms with van der Waals surface area (Å²) in [5, 5.41) is 4.03. The second kappa shape index (κ2) is 5.91. The Labute approximate surface area is 114 Å². The van der Waals surface area contributed by atoms with Gasteiger partial charge >= 0.3 is 0 Å². The Hall–Kier alpha value is -1.77. The van der Waals surface area contributed by atoms with Gasteiger partial charge in [-0.25, -0.2) is 0 Å². The maximum absolute atomic E-state index is 11.9. The van der Waals surface area contributed by atoms with Gasteiger partial charge in [0.15, 0.2) is 0 Å². The molecule has 1 N–H and O–H groups in total. The molecule has 0 aliphatic rings. The molecule has 102 valence electrons. The number of fused-ring (bicyclic) bond motifs is 1. The monoisotopic (exact) mass is 259 g/mol. The Balaban J connectivity index is 2.18. The number of carbonyl (C=O) groups excluding carboxylic acids is 1. The van der Waals surface area contributed by atoms with Crippen molar-refractivity contribution in [1.82, 2.24) is 5.32 Å². The molecule has 1 unspecified atom stereocenters. The highest BCUT2D eigenvalue weighted by Gasteiger charge is 2.12. The van der Waals surface area contributed by atoms with Crippen LogP contribution in [0.2, 0.25) is 0 Å². The average Bonchev–Trinajstić information content (AvgIpc) is 2.80. The Kier molecular flexibility index (Phi) is 4.25. The van der Waals surface area contributed by atoms with Crippen molar-refractivity contribution in [2.75, 3.05) is 0 Å². The van der Waals surface area contributed by atoms with Crippen LogP contribution < -0.4 is 5.32 Å². The van der Waals surface area contributed by atoms with Gasteiger partial charge in [-0.3, -0.25) is 4.79 Å². The number of benzene rings is 1. The lowest BCUT2D eigenvalue weighted by Crippen LogP contribution is -2.33. The topological polar surface area (TPSA) is 42.2 Å². The molecule has 2 aromatic rings. The predicted molar refractivity (Wildman–Crippen MR) is 77.2 cm³/mol. The summed E-state index contributed by atoms with van der Waals surface area (Å²) in [6.45, 7) is 6.20. The molecule has 19 heavy (non-hydrogen) atoms. The molecular formula is C16H21NO2. The number of nitrogens with one attached hydrogen (secondary N) is 1. The molecule has 0 saturated heterocycles. The zero-order valence-corrected chi connectivity index (χ0v) is 11.8. The van der Waals surface area contributed by atoms with Crippen molar-refractivity contribution in [3.8, 4) is 0 Å². The molecule has 0 aliphatic carbocycles. The van der Waals surface area contributed by atoms with Crippen LogP contribution in [0.1, 0.15) is 38.3 Å². The third kappa shape index (κ3) is 3.16. The van der Waals surface area contributed by atoms with Crippen molar-refractivity contribution in [2.45, 2.75) is 46.1 Å². The standard InChI is InChI=1S/C16H21NO2/c1-4-11(3)17-16(18)9-13-10-19-15-7-6-12(5-2)8-14(13)15/h6-8,10-11H,4-5,9H2,1-3H3,(H,17,18). The second-order valence-corrected chi connectivity index (χ2v) is 5.00. The van der Waals surface area contributed by atoms with E-state index >= 15 is 0 Å². The number of furan rings is 1. The first-order valence-electron chi connectivity index (χ1n) is 6.92. The second-order valence-electron chi connectivity index (χ2n) is 5.00. The summed E-state index contributed by atoms with van der Waals surface area (Å²) in [5.74, 6) is 0.0546. The van der Waals surface area contributed by atoms with Gasteiger partial charge in [-0.15, -0.1) is 0 Å². The van der Waals surface area contributed by atoms with Gasteiger partial charge in [0.1, 0.15) is 5.58 Å². The van der Waals surface area contributed by atoms with Crippen LogP contribution in [-0.4, -0.2) is 11.9 Å². The SMILES string of the molecule is CCc1ccc2occ(CC(=O)NC(C)CC)c2c1. The Morgan fingerprint density at radius 1 is 1.37 bits per heavy atom. The van der Waals surface area contributed by atoms with Crippen LogP contribution in [-0.2, 0) is 17.6 Å². The van der Waals surface area contributed by atoms with Crippen molar-refractivity contribution in [1.29, 1.82) is 0 Å². The van der Waals surface area contributed by atoms with Gasteiger partial charge in [0, 0.05) is 17.0 Å². The van der Waals surface area contributed by atoms with Crippen molar-refractivity contribution in [3.63, 3.8) is 0 Å². The summed E-state index contributed by atoms with van der Waals surface area (Å²) in [7, 11) is 0. The van der Waals surface area contributed by atoms with Crippen molar-refractivity contribution >= 4 is 16.9 Å². The Morgan fingerprint density at radius 3 is 2.84 bits per heavy atom. The molecule has 1 atom stereocenters. The van der Waals surface area contributed by atoms with Crippen molar-refractivity contribution in [3.05, 3.63) is 35.6 Å². The molecule has 1 amide bonds. The van der Waals surface area contributed by atoms with Gasteiger partial charge in [-0.2, -0.15) is 0 Å². The van der Waals surface area contributed by atoms with E-state index in [2.05, 4.69) is 31.3 Å². The third-order valence-electron chi connectivity index (χ3n) is 3.50. The first-order chi connectivity index (χ1) is 9.13. The van der Waals surface area contributed by atoms with E-state index in [9.17, 15) is 4.79 Å². The summed E-state index contributed by atoms with van der Waals surface area (Å²) in [6, 6.07) is 6.38. The fourth-order valence-electron chi connectivity index (χ4n) is 2.09. The van der Waals surface area contributed by atoms with E-state index in [-0.39, 0.29) is 11.9 Å². The molecule has 0 spiro atoms. The van der Waals surface area contributed by atoms with Crippen molar-refractivity contribution < 1.29 is 9.21 Å². The lowest BCUT2D eigenvalue weighted by atomic mass is 10.1. The molecule has 1 heterocycles. The third-order valence-corrected chi connectivity index (χ3v) is 3.50. The number of hydrogen-bond donors (Lipinski definition) is 1. The van der Waals surface area contributed by atoms with Gasteiger partial charge in [0.05, 0.1) is 12.7 Å². The smallest absolute Gasteiger partial charge is 0.224 e. The fourth-order valence-corrected chi connectivity index (χ4v) is 2.09. The first-order valence-corrected chi connectivity index (χ1v) is 6.92. The van der Waals surface area contributed by atoms with E-state index in [1.807, 2.05) is 13.0 Å². The zero-order valence-electron chi connectivity index (χ0n) is 11.8.